The summed E-state index contributed by atoms with van der Waals surface area (Å²) >= 11 is 0. The van der Waals surface area contributed by atoms with Gasteiger partial charge in [-0.1, -0.05) is 0 Å². The summed E-state index contributed by atoms with van der Waals surface area (Å²) in [5, 5.41) is 17.6. The van der Waals surface area contributed by atoms with E-state index in [4.69, 9.17) is 10.5 Å². The van der Waals surface area contributed by atoms with Crippen LogP contribution in [0.25, 0.3) is 0 Å². The van der Waals surface area contributed by atoms with Gasteiger partial charge in [-0.3, -0.25) is 0 Å². The van der Waals surface area contributed by atoms with Gasteiger partial charge in [0, 0.05) is 18.8 Å². The molecule has 1 heterocycles. The van der Waals surface area contributed by atoms with Gasteiger partial charge in [0.2, 0.25) is 0 Å². The van der Waals surface area contributed by atoms with Gasteiger partial charge in [-0.05, 0) is 26.0 Å². The summed E-state index contributed by atoms with van der Waals surface area (Å²) in [5.41, 5.74) is 0.550. The smallest absolute Gasteiger partial charge is 0.146 e. The molecule has 82 valence electrons. The topological polar surface area (TPSA) is 63.7 Å². The van der Waals surface area contributed by atoms with Crippen LogP contribution in [0.2, 0.25) is 0 Å². The average Bonchev–Trinajstić information content (AvgIpc) is 2.29. The van der Waals surface area contributed by atoms with Gasteiger partial charge < -0.3 is 4.90 Å². The molecule has 0 fully saturated rings. The Balaban J connectivity index is 3.02. The summed E-state index contributed by atoms with van der Waals surface area (Å²) in [6, 6.07) is 7.93. The lowest BCUT2D eigenvalue weighted by Crippen LogP contribution is -2.33. The molecular weight excluding hydrogens is 200 g/mol. The van der Waals surface area contributed by atoms with Gasteiger partial charge in [0.25, 0.3) is 0 Å². The highest BCUT2D eigenvalue weighted by Crippen LogP contribution is 2.18. The molecule has 0 N–H and O–H groups in total. The van der Waals surface area contributed by atoms with E-state index in [1.165, 1.54) is 0 Å². The highest BCUT2D eigenvalue weighted by molar-refractivity contribution is 5.53. The molecule has 4 nitrogen and oxygen atoms in total. The third kappa shape index (κ3) is 2.71. The van der Waals surface area contributed by atoms with Gasteiger partial charge in [-0.25, -0.2) is 4.98 Å². The van der Waals surface area contributed by atoms with Gasteiger partial charge in [-0.2, -0.15) is 10.5 Å². The van der Waals surface area contributed by atoms with Crippen LogP contribution in [0.4, 0.5) is 5.82 Å². The molecular formula is C12H14N4. The van der Waals surface area contributed by atoms with Gasteiger partial charge in [-0.15, -0.1) is 0 Å². The number of nitriles is 2. The number of hydrogen-bond donors (Lipinski definition) is 0. The summed E-state index contributed by atoms with van der Waals surface area (Å²) in [5.74, 6) is 0.662. The molecule has 4 heteroatoms. The summed E-state index contributed by atoms with van der Waals surface area (Å²) in [6.45, 7) is 4.64. The van der Waals surface area contributed by atoms with Crippen molar-refractivity contribution in [3.63, 3.8) is 0 Å². The first-order valence-corrected chi connectivity index (χ1v) is 5.19. The Morgan fingerprint density at radius 2 is 2.19 bits per heavy atom. The maximum atomic E-state index is 8.99. The van der Waals surface area contributed by atoms with Crippen LogP contribution in [-0.2, 0) is 0 Å². The molecule has 0 aliphatic heterocycles. The van der Waals surface area contributed by atoms with Crippen molar-refractivity contribution in [2.75, 3.05) is 11.4 Å². The van der Waals surface area contributed by atoms with Crippen LogP contribution in [0.3, 0.4) is 0 Å². The van der Waals surface area contributed by atoms with Crippen LogP contribution in [0, 0.1) is 22.7 Å². The van der Waals surface area contributed by atoms with E-state index in [2.05, 4.69) is 17.1 Å². The third-order valence-electron chi connectivity index (χ3n) is 2.27. The Labute approximate surface area is 95.8 Å². The maximum Gasteiger partial charge on any atom is 0.146 e. The molecule has 0 radical (unpaired) electrons. The second kappa shape index (κ2) is 5.72. The standard InChI is InChI=1S/C12H14N4/c1-10(2)16(8-4-6-13)12-11(9-14)5-3-7-15-12/h3,5,7,10H,4,8H2,1-2H3. The Morgan fingerprint density at radius 3 is 2.75 bits per heavy atom. The number of nitrogens with zero attached hydrogens (tertiary/aromatic N) is 4. The summed E-state index contributed by atoms with van der Waals surface area (Å²) in [6.07, 6.45) is 2.09. The lowest BCUT2D eigenvalue weighted by atomic mass is 10.2. The van der Waals surface area contributed by atoms with Crippen LogP contribution in [-0.4, -0.2) is 17.6 Å². The van der Waals surface area contributed by atoms with Crippen LogP contribution < -0.4 is 4.90 Å². The second-order valence-electron chi connectivity index (χ2n) is 3.68. The van der Waals surface area contributed by atoms with E-state index in [0.717, 1.165) is 0 Å². The molecule has 0 atom stereocenters. The molecule has 0 amide bonds. The second-order valence-corrected chi connectivity index (χ2v) is 3.68. The summed E-state index contributed by atoms with van der Waals surface area (Å²) in [4.78, 5) is 6.19. The van der Waals surface area contributed by atoms with Crippen molar-refractivity contribution in [1.82, 2.24) is 4.98 Å². The third-order valence-corrected chi connectivity index (χ3v) is 2.27. The number of pyridine rings is 1. The molecule has 1 aromatic rings. The maximum absolute atomic E-state index is 8.99. The Bertz CT molecular complexity index is 425. The SMILES string of the molecule is CC(C)N(CCC#N)c1ncccc1C#N. The predicted molar refractivity (Wildman–Crippen MR) is 61.7 cm³/mol. The van der Waals surface area contributed by atoms with Crippen LogP contribution >= 0.6 is 0 Å². The van der Waals surface area contributed by atoms with Crippen molar-refractivity contribution in [1.29, 1.82) is 10.5 Å². The number of rotatable bonds is 4. The Hall–Kier alpha value is -2.07. The van der Waals surface area contributed by atoms with Crippen molar-refractivity contribution in [3.05, 3.63) is 23.9 Å². The van der Waals surface area contributed by atoms with Gasteiger partial charge in [0.15, 0.2) is 0 Å². The average molecular weight is 214 g/mol. The summed E-state index contributed by atoms with van der Waals surface area (Å²) < 4.78 is 0. The molecule has 1 aromatic heterocycles. The molecule has 0 unspecified atom stereocenters. The van der Waals surface area contributed by atoms with Gasteiger partial charge in [0.05, 0.1) is 18.1 Å². The molecule has 0 aromatic carbocycles. The molecule has 0 saturated carbocycles. The molecule has 1 rings (SSSR count). The largest absolute Gasteiger partial charge is 0.352 e. The normalized spacial score (nSPS) is 9.56. The highest BCUT2D eigenvalue weighted by Gasteiger charge is 2.14. The van der Waals surface area contributed by atoms with Crippen molar-refractivity contribution < 1.29 is 0 Å². The van der Waals surface area contributed by atoms with Crippen molar-refractivity contribution in [3.8, 4) is 12.1 Å². The highest BCUT2D eigenvalue weighted by atomic mass is 15.2. The fourth-order valence-corrected chi connectivity index (χ4v) is 1.49. The first kappa shape index (κ1) is 12.0. The predicted octanol–water partition coefficient (Wildman–Crippen LogP) is 2.08. The van der Waals surface area contributed by atoms with E-state index < -0.39 is 0 Å². The Morgan fingerprint density at radius 1 is 1.44 bits per heavy atom. The van der Waals surface area contributed by atoms with Crippen molar-refractivity contribution >= 4 is 5.82 Å². The quantitative estimate of drug-likeness (QED) is 0.769. The summed E-state index contributed by atoms with van der Waals surface area (Å²) in [7, 11) is 0. The van der Waals surface area contributed by atoms with Crippen LogP contribution in [0.5, 0.6) is 0 Å². The molecule has 16 heavy (non-hydrogen) atoms. The van der Waals surface area contributed by atoms with E-state index in [9.17, 15) is 0 Å². The zero-order valence-corrected chi connectivity index (χ0v) is 9.51. The minimum Gasteiger partial charge on any atom is -0.352 e. The zero-order valence-electron chi connectivity index (χ0n) is 9.51. The fraction of sp³-hybridized carbons (Fsp3) is 0.417. The van der Waals surface area contributed by atoms with Crippen LogP contribution in [0.15, 0.2) is 18.3 Å². The minimum atomic E-state index is 0.218. The van der Waals surface area contributed by atoms with Gasteiger partial charge in [0.1, 0.15) is 11.9 Å². The minimum absolute atomic E-state index is 0.218. The van der Waals surface area contributed by atoms with E-state index in [-0.39, 0.29) is 6.04 Å². The number of hydrogen-bond acceptors (Lipinski definition) is 4. The van der Waals surface area contributed by atoms with Crippen LogP contribution in [0.1, 0.15) is 25.8 Å². The Kier molecular flexibility index (Phi) is 4.29. The zero-order chi connectivity index (χ0) is 12.0. The molecule has 0 spiro atoms. The molecule has 0 aliphatic carbocycles. The first-order valence-electron chi connectivity index (χ1n) is 5.19. The van der Waals surface area contributed by atoms with E-state index >= 15 is 0 Å². The van der Waals surface area contributed by atoms with E-state index in [1.54, 1.807) is 18.3 Å². The van der Waals surface area contributed by atoms with Gasteiger partial charge >= 0.3 is 0 Å². The molecule has 0 saturated heterocycles. The molecule has 0 bridgehead atoms. The van der Waals surface area contributed by atoms with E-state index in [1.807, 2.05) is 18.7 Å². The number of aromatic nitrogens is 1. The monoisotopic (exact) mass is 214 g/mol. The lowest BCUT2D eigenvalue weighted by molar-refractivity contribution is 0.676. The van der Waals surface area contributed by atoms with E-state index in [0.29, 0.717) is 24.3 Å². The lowest BCUT2D eigenvalue weighted by Gasteiger charge is -2.27. The number of anilines is 1. The molecule has 0 aliphatic rings. The first-order chi connectivity index (χ1) is 7.70. The van der Waals surface area contributed by atoms with Crippen molar-refractivity contribution in [2.24, 2.45) is 0 Å². The van der Waals surface area contributed by atoms with Crippen molar-refractivity contribution in [2.45, 2.75) is 26.3 Å². The fourth-order valence-electron chi connectivity index (χ4n) is 1.49.